The quantitative estimate of drug-likeness (QED) is 0.582. The maximum absolute atomic E-state index is 11.2. The Labute approximate surface area is 111 Å². The number of aromatic nitrogens is 2. The first-order valence-corrected chi connectivity index (χ1v) is 5.97. The molecule has 0 aliphatic heterocycles. The molecule has 0 aromatic carbocycles. The standard InChI is InChI=1S/C12H17N3O4/c1-3-19-11(16)5-4-6-14-10-8-13-7-9(15-10)12(17)18-2/h7-8H,3-6H2,1-2H3,(H,14,15). The molecular weight excluding hydrogens is 250 g/mol. The number of methoxy groups -OCH3 is 1. The van der Waals surface area contributed by atoms with Crippen molar-refractivity contribution in [1.29, 1.82) is 0 Å². The summed E-state index contributed by atoms with van der Waals surface area (Å²) in [6.07, 6.45) is 3.78. The lowest BCUT2D eigenvalue weighted by Crippen LogP contribution is -2.11. The van der Waals surface area contributed by atoms with Gasteiger partial charge in [-0.05, 0) is 13.3 Å². The fourth-order valence-corrected chi connectivity index (χ4v) is 1.34. The van der Waals surface area contributed by atoms with Crippen LogP contribution in [0.1, 0.15) is 30.3 Å². The van der Waals surface area contributed by atoms with Crippen molar-refractivity contribution >= 4 is 17.8 Å². The second kappa shape index (κ2) is 8.02. The molecule has 1 rings (SSSR count). The van der Waals surface area contributed by atoms with Crippen LogP contribution in [0.15, 0.2) is 12.4 Å². The molecule has 0 spiro atoms. The fourth-order valence-electron chi connectivity index (χ4n) is 1.34. The molecule has 104 valence electrons. The molecule has 1 heterocycles. The highest BCUT2D eigenvalue weighted by Crippen LogP contribution is 2.04. The topological polar surface area (TPSA) is 90.4 Å². The number of hydrogen-bond acceptors (Lipinski definition) is 7. The molecule has 1 N–H and O–H groups in total. The van der Waals surface area contributed by atoms with Gasteiger partial charge in [0, 0.05) is 13.0 Å². The van der Waals surface area contributed by atoms with E-state index in [2.05, 4.69) is 20.0 Å². The van der Waals surface area contributed by atoms with Crippen LogP contribution in [0, 0.1) is 0 Å². The van der Waals surface area contributed by atoms with Gasteiger partial charge in [-0.1, -0.05) is 0 Å². The summed E-state index contributed by atoms with van der Waals surface area (Å²) in [6.45, 7) is 2.70. The molecule has 7 nitrogen and oxygen atoms in total. The molecule has 0 atom stereocenters. The monoisotopic (exact) mass is 267 g/mol. The van der Waals surface area contributed by atoms with E-state index < -0.39 is 5.97 Å². The van der Waals surface area contributed by atoms with Crippen molar-refractivity contribution in [2.45, 2.75) is 19.8 Å². The molecule has 1 aromatic rings. The molecule has 0 unspecified atom stereocenters. The molecule has 0 saturated carbocycles. The Balaban J connectivity index is 2.37. The zero-order valence-electron chi connectivity index (χ0n) is 11.0. The highest BCUT2D eigenvalue weighted by Gasteiger charge is 2.08. The van der Waals surface area contributed by atoms with Gasteiger partial charge in [-0.2, -0.15) is 0 Å². The molecule has 1 aromatic heterocycles. The van der Waals surface area contributed by atoms with E-state index in [-0.39, 0.29) is 11.7 Å². The Morgan fingerprint density at radius 2 is 2.16 bits per heavy atom. The summed E-state index contributed by atoms with van der Waals surface area (Å²) in [7, 11) is 1.28. The lowest BCUT2D eigenvalue weighted by atomic mass is 10.3. The molecular formula is C12H17N3O4. The Hall–Kier alpha value is -2.18. The summed E-state index contributed by atoms with van der Waals surface area (Å²) in [5.41, 5.74) is 0.137. The van der Waals surface area contributed by atoms with Gasteiger partial charge in [-0.3, -0.25) is 9.78 Å². The number of nitrogens with zero attached hydrogens (tertiary/aromatic N) is 2. The average molecular weight is 267 g/mol. The smallest absolute Gasteiger partial charge is 0.358 e. The van der Waals surface area contributed by atoms with E-state index in [0.29, 0.717) is 31.8 Å². The van der Waals surface area contributed by atoms with Gasteiger partial charge in [0.15, 0.2) is 5.69 Å². The van der Waals surface area contributed by atoms with Crippen molar-refractivity contribution < 1.29 is 19.1 Å². The zero-order valence-corrected chi connectivity index (χ0v) is 11.0. The largest absolute Gasteiger partial charge is 0.466 e. The summed E-state index contributed by atoms with van der Waals surface area (Å²) < 4.78 is 9.35. The van der Waals surface area contributed by atoms with Crippen molar-refractivity contribution in [2.75, 3.05) is 25.6 Å². The Morgan fingerprint density at radius 3 is 2.84 bits per heavy atom. The number of nitrogens with one attached hydrogen (secondary N) is 1. The Kier molecular flexibility index (Phi) is 6.28. The number of hydrogen-bond donors (Lipinski definition) is 1. The Morgan fingerprint density at radius 1 is 1.37 bits per heavy atom. The van der Waals surface area contributed by atoms with E-state index in [1.54, 1.807) is 6.92 Å². The summed E-state index contributed by atoms with van der Waals surface area (Å²) >= 11 is 0. The lowest BCUT2D eigenvalue weighted by molar-refractivity contribution is -0.143. The number of rotatable bonds is 7. The van der Waals surface area contributed by atoms with Gasteiger partial charge in [0.25, 0.3) is 0 Å². The van der Waals surface area contributed by atoms with Gasteiger partial charge in [-0.15, -0.1) is 0 Å². The van der Waals surface area contributed by atoms with Crippen LogP contribution in [0.4, 0.5) is 5.82 Å². The third-order valence-electron chi connectivity index (χ3n) is 2.20. The second-order valence-electron chi connectivity index (χ2n) is 3.62. The highest BCUT2D eigenvalue weighted by atomic mass is 16.5. The molecule has 0 bridgehead atoms. The van der Waals surface area contributed by atoms with Crippen molar-refractivity contribution in [1.82, 2.24) is 9.97 Å². The molecule has 0 aliphatic rings. The van der Waals surface area contributed by atoms with Crippen LogP contribution in [0.2, 0.25) is 0 Å². The van der Waals surface area contributed by atoms with Crippen molar-refractivity contribution in [3.8, 4) is 0 Å². The normalized spacial score (nSPS) is 9.79. The number of carbonyl (C=O) groups excluding carboxylic acids is 2. The second-order valence-corrected chi connectivity index (χ2v) is 3.62. The van der Waals surface area contributed by atoms with Crippen LogP contribution in [0.5, 0.6) is 0 Å². The minimum atomic E-state index is -0.539. The van der Waals surface area contributed by atoms with Crippen molar-refractivity contribution in [3.63, 3.8) is 0 Å². The molecule has 7 heteroatoms. The molecule has 19 heavy (non-hydrogen) atoms. The SMILES string of the molecule is CCOC(=O)CCCNc1cncc(C(=O)OC)n1. The summed E-state index contributed by atoms with van der Waals surface area (Å²) in [4.78, 5) is 30.3. The van der Waals surface area contributed by atoms with Crippen LogP contribution in [0.25, 0.3) is 0 Å². The number of esters is 2. The van der Waals surface area contributed by atoms with Gasteiger partial charge in [0.05, 0.1) is 26.1 Å². The van der Waals surface area contributed by atoms with Gasteiger partial charge in [-0.25, -0.2) is 9.78 Å². The summed E-state index contributed by atoms with van der Waals surface area (Å²) in [5.74, 6) is -0.298. The van der Waals surface area contributed by atoms with Gasteiger partial charge in [0.1, 0.15) is 5.82 Å². The van der Waals surface area contributed by atoms with E-state index in [4.69, 9.17) is 4.74 Å². The number of ether oxygens (including phenoxy) is 2. The maximum atomic E-state index is 11.2. The lowest BCUT2D eigenvalue weighted by Gasteiger charge is -2.06. The predicted octanol–water partition coefficient (Wildman–Crippen LogP) is 1.02. The van der Waals surface area contributed by atoms with Crippen molar-refractivity contribution in [3.05, 3.63) is 18.1 Å². The molecule has 0 saturated heterocycles. The molecule has 0 aliphatic carbocycles. The highest BCUT2D eigenvalue weighted by molar-refractivity contribution is 5.87. The van der Waals surface area contributed by atoms with E-state index in [0.717, 1.165) is 0 Å². The minimum Gasteiger partial charge on any atom is -0.466 e. The zero-order chi connectivity index (χ0) is 14.1. The van der Waals surface area contributed by atoms with Crippen LogP contribution >= 0.6 is 0 Å². The Bertz CT molecular complexity index is 437. The molecule has 0 radical (unpaired) electrons. The minimum absolute atomic E-state index is 0.137. The third kappa shape index (κ3) is 5.33. The van der Waals surface area contributed by atoms with Gasteiger partial charge >= 0.3 is 11.9 Å². The van der Waals surface area contributed by atoms with Crippen molar-refractivity contribution in [2.24, 2.45) is 0 Å². The average Bonchev–Trinajstić information content (AvgIpc) is 2.43. The first-order chi connectivity index (χ1) is 9.17. The summed E-state index contributed by atoms with van der Waals surface area (Å²) in [6, 6.07) is 0. The number of carbonyl (C=O) groups is 2. The van der Waals surface area contributed by atoms with Gasteiger partial charge < -0.3 is 14.8 Å². The predicted molar refractivity (Wildman–Crippen MR) is 67.7 cm³/mol. The summed E-state index contributed by atoms with van der Waals surface area (Å²) in [5, 5.41) is 2.97. The third-order valence-corrected chi connectivity index (χ3v) is 2.20. The molecule has 0 amide bonds. The van der Waals surface area contributed by atoms with Crippen LogP contribution in [-0.4, -0.2) is 42.2 Å². The van der Waals surface area contributed by atoms with E-state index >= 15 is 0 Å². The number of anilines is 1. The van der Waals surface area contributed by atoms with Crippen LogP contribution in [-0.2, 0) is 14.3 Å². The first kappa shape index (κ1) is 14.9. The van der Waals surface area contributed by atoms with Crippen LogP contribution < -0.4 is 5.32 Å². The van der Waals surface area contributed by atoms with E-state index in [1.807, 2.05) is 0 Å². The van der Waals surface area contributed by atoms with E-state index in [9.17, 15) is 9.59 Å². The fraction of sp³-hybridized carbons (Fsp3) is 0.500. The maximum Gasteiger partial charge on any atom is 0.358 e. The van der Waals surface area contributed by atoms with Crippen LogP contribution in [0.3, 0.4) is 0 Å². The van der Waals surface area contributed by atoms with E-state index in [1.165, 1.54) is 19.5 Å². The van der Waals surface area contributed by atoms with Gasteiger partial charge in [0.2, 0.25) is 0 Å². The molecule has 0 fully saturated rings. The first-order valence-electron chi connectivity index (χ1n) is 5.97.